The smallest absolute Gasteiger partial charge is 0.119 e. The summed E-state index contributed by atoms with van der Waals surface area (Å²) in [5.74, 6) is 0.592. The van der Waals surface area contributed by atoms with Gasteiger partial charge in [-0.25, -0.2) is 0 Å². The Morgan fingerprint density at radius 3 is 2.90 bits per heavy atom. The molecule has 1 unspecified atom stereocenters. The lowest BCUT2D eigenvalue weighted by molar-refractivity contribution is 0.761. The van der Waals surface area contributed by atoms with Gasteiger partial charge in [-0.1, -0.05) is 25.2 Å². The van der Waals surface area contributed by atoms with Crippen LogP contribution in [0.15, 0.2) is 23.8 Å². The largest absolute Gasteiger partial charge is 0.384 e. The number of rotatable bonds is 2. The summed E-state index contributed by atoms with van der Waals surface area (Å²) in [5, 5.41) is 7.19. The molecule has 0 aromatic heterocycles. The minimum Gasteiger partial charge on any atom is -0.384 e. The summed E-state index contributed by atoms with van der Waals surface area (Å²) in [4.78, 5) is 0. The van der Waals surface area contributed by atoms with Gasteiger partial charge in [-0.2, -0.15) is 0 Å². The van der Waals surface area contributed by atoms with Gasteiger partial charge in [-0.3, -0.25) is 5.41 Å². The minimum absolute atomic E-state index is 0.205. The molecule has 2 heteroatoms. The summed E-state index contributed by atoms with van der Waals surface area (Å²) in [6.45, 7) is 2.09. The Kier molecular flexibility index (Phi) is 1.90. The first-order chi connectivity index (χ1) is 4.75. The van der Waals surface area contributed by atoms with E-state index >= 15 is 0 Å². The van der Waals surface area contributed by atoms with E-state index in [0.717, 1.165) is 12.0 Å². The van der Waals surface area contributed by atoms with E-state index in [1.54, 1.807) is 0 Å². The average Bonchev–Trinajstić information content (AvgIpc) is 2.33. The van der Waals surface area contributed by atoms with Crippen molar-refractivity contribution in [2.75, 3.05) is 0 Å². The molecule has 1 aliphatic carbocycles. The quantitative estimate of drug-likeness (QED) is 0.438. The molecule has 0 bridgehead atoms. The maximum Gasteiger partial charge on any atom is 0.119 e. The first-order valence-electron chi connectivity index (χ1n) is 3.48. The maximum atomic E-state index is 7.19. The van der Waals surface area contributed by atoms with Crippen molar-refractivity contribution in [1.29, 1.82) is 5.41 Å². The summed E-state index contributed by atoms with van der Waals surface area (Å²) >= 11 is 0. The summed E-state index contributed by atoms with van der Waals surface area (Å²) in [5.41, 5.74) is 6.30. The molecule has 0 aromatic rings. The number of hydrogen-bond donors (Lipinski definition) is 2. The lowest BCUT2D eigenvalue weighted by Crippen LogP contribution is -2.16. The van der Waals surface area contributed by atoms with Gasteiger partial charge in [0, 0.05) is 11.5 Å². The first-order valence-corrected chi connectivity index (χ1v) is 3.48. The van der Waals surface area contributed by atoms with E-state index in [-0.39, 0.29) is 5.84 Å². The van der Waals surface area contributed by atoms with Crippen molar-refractivity contribution in [3.63, 3.8) is 0 Å². The van der Waals surface area contributed by atoms with E-state index in [1.807, 2.05) is 12.2 Å². The van der Waals surface area contributed by atoms with E-state index in [2.05, 4.69) is 13.0 Å². The molecule has 1 rings (SSSR count). The first kappa shape index (κ1) is 7.06. The van der Waals surface area contributed by atoms with Gasteiger partial charge in [0.25, 0.3) is 0 Å². The van der Waals surface area contributed by atoms with Crippen LogP contribution in [0.4, 0.5) is 0 Å². The van der Waals surface area contributed by atoms with Crippen molar-refractivity contribution in [1.82, 2.24) is 0 Å². The molecule has 10 heavy (non-hydrogen) atoms. The summed E-state index contributed by atoms with van der Waals surface area (Å²) < 4.78 is 0. The topological polar surface area (TPSA) is 49.9 Å². The predicted octanol–water partition coefficient (Wildman–Crippen LogP) is 1.44. The molecule has 0 saturated carbocycles. The fraction of sp³-hybridized carbons (Fsp3) is 0.375. The third-order valence-electron chi connectivity index (χ3n) is 1.77. The van der Waals surface area contributed by atoms with Crippen molar-refractivity contribution >= 4 is 5.84 Å². The van der Waals surface area contributed by atoms with Crippen LogP contribution < -0.4 is 5.73 Å². The molecule has 2 nitrogen and oxygen atoms in total. The Morgan fingerprint density at radius 1 is 1.80 bits per heavy atom. The van der Waals surface area contributed by atoms with Gasteiger partial charge in [-0.05, 0) is 6.42 Å². The van der Waals surface area contributed by atoms with Gasteiger partial charge >= 0.3 is 0 Å². The molecule has 0 amide bonds. The summed E-state index contributed by atoms with van der Waals surface area (Å²) in [6, 6.07) is 0. The van der Waals surface area contributed by atoms with E-state index in [0.29, 0.717) is 5.92 Å². The van der Waals surface area contributed by atoms with Crippen molar-refractivity contribution in [3.05, 3.63) is 23.8 Å². The SMILES string of the molecule is CCC1C=CC=C1C(=N)N. The van der Waals surface area contributed by atoms with E-state index < -0.39 is 0 Å². The molecule has 0 heterocycles. The van der Waals surface area contributed by atoms with Gasteiger partial charge in [0.05, 0.1) is 0 Å². The van der Waals surface area contributed by atoms with Crippen LogP contribution in [0, 0.1) is 11.3 Å². The number of amidine groups is 1. The Morgan fingerprint density at radius 2 is 2.50 bits per heavy atom. The maximum absolute atomic E-state index is 7.19. The van der Waals surface area contributed by atoms with Gasteiger partial charge in [0.2, 0.25) is 0 Å². The molecule has 1 atom stereocenters. The molecule has 0 aliphatic heterocycles. The molecule has 0 saturated heterocycles. The molecule has 0 spiro atoms. The van der Waals surface area contributed by atoms with Crippen molar-refractivity contribution in [2.24, 2.45) is 11.7 Å². The Balaban J connectivity index is 2.71. The predicted molar refractivity (Wildman–Crippen MR) is 42.9 cm³/mol. The summed E-state index contributed by atoms with van der Waals surface area (Å²) in [7, 11) is 0. The normalized spacial score (nSPS) is 22.9. The number of allylic oxidation sites excluding steroid dienone is 3. The Labute approximate surface area is 60.9 Å². The average molecular weight is 136 g/mol. The molecule has 3 N–H and O–H groups in total. The van der Waals surface area contributed by atoms with Crippen molar-refractivity contribution in [3.8, 4) is 0 Å². The van der Waals surface area contributed by atoms with Gasteiger partial charge < -0.3 is 5.73 Å². The molecule has 0 radical (unpaired) electrons. The molecule has 0 fully saturated rings. The Bertz CT molecular complexity index is 201. The third kappa shape index (κ3) is 1.10. The van der Waals surface area contributed by atoms with E-state index in [9.17, 15) is 0 Å². The van der Waals surface area contributed by atoms with E-state index in [4.69, 9.17) is 11.1 Å². The van der Waals surface area contributed by atoms with Crippen LogP contribution in [0.25, 0.3) is 0 Å². The number of hydrogen-bond acceptors (Lipinski definition) is 1. The van der Waals surface area contributed by atoms with Crippen LogP contribution in [0.1, 0.15) is 13.3 Å². The fourth-order valence-corrected chi connectivity index (χ4v) is 1.17. The van der Waals surface area contributed by atoms with Crippen LogP contribution in [-0.2, 0) is 0 Å². The lowest BCUT2D eigenvalue weighted by atomic mass is 10.00. The fourth-order valence-electron chi connectivity index (χ4n) is 1.17. The zero-order valence-corrected chi connectivity index (χ0v) is 6.09. The second-order valence-electron chi connectivity index (χ2n) is 2.44. The lowest BCUT2D eigenvalue weighted by Gasteiger charge is -2.08. The number of nitrogens with two attached hydrogens (primary N) is 1. The highest BCUT2D eigenvalue weighted by Gasteiger charge is 2.13. The molecule has 54 valence electrons. The zero-order valence-electron chi connectivity index (χ0n) is 6.09. The van der Waals surface area contributed by atoms with Crippen LogP contribution in [-0.4, -0.2) is 5.84 Å². The third-order valence-corrected chi connectivity index (χ3v) is 1.77. The van der Waals surface area contributed by atoms with Crippen molar-refractivity contribution in [2.45, 2.75) is 13.3 Å². The second-order valence-corrected chi connectivity index (χ2v) is 2.44. The number of nitrogens with one attached hydrogen (secondary N) is 1. The van der Waals surface area contributed by atoms with Crippen LogP contribution >= 0.6 is 0 Å². The molecular formula is C8H12N2. The minimum atomic E-state index is 0.205. The van der Waals surface area contributed by atoms with Crippen LogP contribution in [0.2, 0.25) is 0 Å². The highest BCUT2D eigenvalue weighted by atomic mass is 14.7. The van der Waals surface area contributed by atoms with Gasteiger partial charge in [0.1, 0.15) is 5.84 Å². The molecule has 1 aliphatic rings. The molecular weight excluding hydrogens is 124 g/mol. The standard InChI is InChI=1S/C8H12N2/c1-2-6-4-3-5-7(6)8(9)10/h3-6H,2H2,1H3,(H3,9,10). The highest BCUT2D eigenvalue weighted by Crippen LogP contribution is 2.21. The Hall–Kier alpha value is -1.05. The second kappa shape index (κ2) is 2.69. The zero-order chi connectivity index (χ0) is 7.56. The summed E-state index contributed by atoms with van der Waals surface area (Å²) in [6.07, 6.45) is 6.99. The highest BCUT2D eigenvalue weighted by molar-refractivity contribution is 5.96. The van der Waals surface area contributed by atoms with E-state index in [1.165, 1.54) is 0 Å². The van der Waals surface area contributed by atoms with Crippen LogP contribution in [0.3, 0.4) is 0 Å². The van der Waals surface area contributed by atoms with Crippen molar-refractivity contribution < 1.29 is 0 Å². The van der Waals surface area contributed by atoms with Gasteiger partial charge in [-0.15, -0.1) is 0 Å². The van der Waals surface area contributed by atoms with Crippen LogP contribution in [0.5, 0.6) is 0 Å². The monoisotopic (exact) mass is 136 g/mol. The van der Waals surface area contributed by atoms with Gasteiger partial charge in [0.15, 0.2) is 0 Å². The molecule has 0 aromatic carbocycles.